The average Bonchev–Trinajstić information content (AvgIpc) is 3.17. The van der Waals surface area contributed by atoms with Gasteiger partial charge in [0, 0.05) is 17.3 Å². The minimum absolute atomic E-state index is 0.0131. The van der Waals surface area contributed by atoms with Crippen LogP contribution < -0.4 is 4.72 Å². The largest absolute Gasteiger partial charge is 0.301 e. The van der Waals surface area contributed by atoms with Gasteiger partial charge < -0.3 is 4.90 Å². The highest BCUT2D eigenvalue weighted by Crippen LogP contribution is 2.32. The van der Waals surface area contributed by atoms with Gasteiger partial charge in [0.05, 0.1) is 0 Å². The molecule has 2 aromatic heterocycles. The van der Waals surface area contributed by atoms with E-state index >= 15 is 0 Å². The number of rotatable bonds is 6. The first-order chi connectivity index (χ1) is 11.0. The topological polar surface area (TPSA) is 49.4 Å². The first kappa shape index (κ1) is 16.6. The van der Waals surface area contributed by atoms with Crippen molar-refractivity contribution in [1.82, 2.24) is 9.62 Å². The molecule has 0 radical (unpaired) electrons. The molecular formula is C16H18N2O2S3. The third-order valence-electron chi connectivity index (χ3n) is 3.72. The fraction of sp³-hybridized carbons (Fsp3) is 0.250. The zero-order valence-corrected chi connectivity index (χ0v) is 15.3. The zero-order chi connectivity index (χ0) is 16.4. The van der Waals surface area contributed by atoms with Crippen LogP contribution in [0.2, 0.25) is 0 Å². The maximum Gasteiger partial charge on any atom is 0.250 e. The molecule has 122 valence electrons. The third kappa shape index (κ3) is 3.49. The minimum Gasteiger partial charge on any atom is -0.301 e. The molecule has 3 rings (SSSR count). The van der Waals surface area contributed by atoms with E-state index in [1.54, 1.807) is 28.8 Å². The van der Waals surface area contributed by atoms with Crippen LogP contribution in [0.5, 0.6) is 0 Å². The van der Waals surface area contributed by atoms with E-state index in [1.807, 2.05) is 31.1 Å². The highest BCUT2D eigenvalue weighted by molar-refractivity contribution is 7.91. The van der Waals surface area contributed by atoms with Crippen LogP contribution in [0, 0.1) is 0 Å². The molecule has 0 aliphatic heterocycles. The normalized spacial score (nSPS) is 13.7. The predicted molar refractivity (Wildman–Crippen MR) is 97.8 cm³/mol. The molecule has 0 spiro atoms. The first-order valence-electron chi connectivity index (χ1n) is 7.15. The molecule has 0 amide bonds. The van der Waals surface area contributed by atoms with E-state index in [0.717, 1.165) is 5.56 Å². The Balaban J connectivity index is 1.86. The molecule has 0 saturated heterocycles. The van der Waals surface area contributed by atoms with Gasteiger partial charge >= 0.3 is 0 Å². The fourth-order valence-electron chi connectivity index (χ4n) is 2.50. The van der Waals surface area contributed by atoms with E-state index in [0.29, 0.717) is 10.8 Å². The molecular weight excluding hydrogens is 348 g/mol. The van der Waals surface area contributed by atoms with E-state index in [-0.39, 0.29) is 6.04 Å². The molecule has 0 bridgehead atoms. The van der Waals surface area contributed by atoms with Crippen LogP contribution >= 0.6 is 22.7 Å². The molecule has 0 aliphatic carbocycles. The fourth-order valence-corrected chi connectivity index (χ4v) is 5.59. The number of hydrogen-bond donors (Lipinski definition) is 1. The Morgan fingerprint density at radius 1 is 1.13 bits per heavy atom. The smallest absolute Gasteiger partial charge is 0.250 e. The second kappa shape index (κ2) is 6.70. The van der Waals surface area contributed by atoms with Gasteiger partial charge in [0.1, 0.15) is 4.21 Å². The Bertz CT molecular complexity index is 883. The van der Waals surface area contributed by atoms with Gasteiger partial charge in [0.25, 0.3) is 0 Å². The van der Waals surface area contributed by atoms with E-state index in [4.69, 9.17) is 0 Å². The van der Waals surface area contributed by atoms with Crippen molar-refractivity contribution in [3.05, 3.63) is 52.7 Å². The average molecular weight is 367 g/mol. The highest BCUT2D eigenvalue weighted by Gasteiger charge is 2.22. The van der Waals surface area contributed by atoms with Gasteiger partial charge in [0.2, 0.25) is 10.0 Å². The van der Waals surface area contributed by atoms with E-state index in [1.165, 1.54) is 21.4 Å². The monoisotopic (exact) mass is 366 g/mol. The summed E-state index contributed by atoms with van der Waals surface area (Å²) in [5.41, 5.74) is 1.16. The number of nitrogens with zero attached hydrogens (tertiary/aromatic N) is 1. The van der Waals surface area contributed by atoms with Gasteiger partial charge in [-0.15, -0.1) is 22.7 Å². The highest BCUT2D eigenvalue weighted by atomic mass is 32.2. The molecule has 7 heteroatoms. The maximum atomic E-state index is 12.3. The lowest BCUT2D eigenvalue weighted by Gasteiger charge is -2.24. The van der Waals surface area contributed by atoms with E-state index < -0.39 is 10.0 Å². The molecule has 1 N–H and O–H groups in total. The second-order valence-corrected chi connectivity index (χ2v) is 9.30. The lowest BCUT2D eigenvalue weighted by molar-refractivity contribution is 0.301. The predicted octanol–water partition coefficient (Wildman–Crippen LogP) is 3.54. The van der Waals surface area contributed by atoms with Gasteiger partial charge in [0.15, 0.2) is 0 Å². The Labute approximate surface area is 144 Å². The van der Waals surface area contributed by atoms with Crippen molar-refractivity contribution >= 4 is 42.8 Å². The standard InChI is InChI=1S/C16H18N2O2S3/c1-18(2)14(10-17-23(19,20)16-8-5-9-21-16)13-11-22-15-7-4-3-6-12(13)15/h3-9,11,14,17H,10H2,1-2H3. The molecule has 1 atom stereocenters. The summed E-state index contributed by atoms with van der Waals surface area (Å²) in [6.07, 6.45) is 0. The summed E-state index contributed by atoms with van der Waals surface area (Å²) in [4.78, 5) is 2.05. The summed E-state index contributed by atoms with van der Waals surface area (Å²) in [7, 11) is 0.493. The molecule has 0 aliphatic rings. The molecule has 0 fully saturated rings. The summed E-state index contributed by atoms with van der Waals surface area (Å²) in [5.74, 6) is 0. The van der Waals surface area contributed by atoms with E-state index in [9.17, 15) is 8.42 Å². The van der Waals surface area contributed by atoms with Crippen LogP contribution in [0.4, 0.5) is 0 Å². The van der Waals surface area contributed by atoms with E-state index in [2.05, 4.69) is 22.2 Å². The number of likely N-dealkylation sites (N-methyl/N-ethyl adjacent to an activating group) is 1. The van der Waals surface area contributed by atoms with Crippen molar-refractivity contribution in [2.24, 2.45) is 0 Å². The lowest BCUT2D eigenvalue weighted by atomic mass is 10.1. The third-order valence-corrected chi connectivity index (χ3v) is 7.52. The van der Waals surface area contributed by atoms with Crippen LogP contribution in [0.3, 0.4) is 0 Å². The number of thiophene rings is 2. The van der Waals surface area contributed by atoms with Crippen molar-refractivity contribution in [2.45, 2.75) is 10.3 Å². The Morgan fingerprint density at radius 2 is 1.91 bits per heavy atom. The van der Waals surface area contributed by atoms with Crippen molar-refractivity contribution in [3.63, 3.8) is 0 Å². The summed E-state index contributed by atoms with van der Waals surface area (Å²) >= 11 is 2.92. The second-order valence-electron chi connectivity index (χ2n) is 5.45. The number of fused-ring (bicyclic) bond motifs is 1. The maximum absolute atomic E-state index is 12.3. The Kier molecular flexibility index (Phi) is 4.84. The van der Waals surface area contributed by atoms with Crippen molar-refractivity contribution in [2.75, 3.05) is 20.6 Å². The summed E-state index contributed by atoms with van der Waals surface area (Å²) < 4.78 is 29.0. The van der Waals surface area contributed by atoms with Crippen LogP contribution in [-0.2, 0) is 10.0 Å². The Hall–Kier alpha value is -1.25. The van der Waals surface area contributed by atoms with Gasteiger partial charge in [-0.05, 0) is 47.9 Å². The molecule has 1 aromatic carbocycles. The van der Waals surface area contributed by atoms with Gasteiger partial charge in [-0.2, -0.15) is 0 Å². The van der Waals surface area contributed by atoms with Crippen molar-refractivity contribution in [3.8, 4) is 0 Å². The number of hydrogen-bond acceptors (Lipinski definition) is 5. The van der Waals surface area contributed by atoms with Crippen LogP contribution in [0.25, 0.3) is 10.1 Å². The number of nitrogens with one attached hydrogen (secondary N) is 1. The number of sulfonamides is 1. The molecule has 2 heterocycles. The van der Waals surface area contributed by atoms with Crippen LogP contribution in [-0.4, -0.2) is 34.0 Å². The van der Waals surface area contributed by atoms with Crippen LogP contribution in [0.15, 0.2) is 51.4 Å². The van der Waals surface area contributed by atoms with Crippen LogP contribution in [0.1, 0.15) is 11.6 Å². The van der Waals surface area contributed by atoms with Gasteiger partial charge in [-0.1, -0.05) is 24.3 Å². The number of benzene rings is 1. The molecule has 1 unspecified atom stereocenters. The lowest BCUT2D eigenvalue weighted by Crippen LogP contribution is -2.34. The van der Waals surface area contributed by atoms with Crippen molar-refractivity contribution < 1.29 is 8.42 Å². The van der Waals surface area contributed by atoms with Gasteiger partial charge in [-0.25, -0.2) is 13.1 Å². The van der Waals surface area contributed by atoms with Crippen molar-refractivity contribution in [1.29, 1.82) is 0 Å². The summed E-state index contributed by atoms with van der Waals surface area (Å²) in [5, 5.41) is 5.07. The molecule has 23 heavy (non-hydrogen) atoms. The quantitative estimate of drug-likeness (QED) is 0.726. The Morgan fingerprint density at radius 3 is 2.61 bits per heavy atom. The minimum atomic E-state index is -3.44. The summed E-state index contributed by atoms with van der Waals surface area (Å²) in [6.45, 7) is 0.341. The SMILES string of the molecule is CN(C)C(CNS(=O)(=O)c1cccs1)c1csc2ccccc12. The zero-order valence-electron chi connectivity index (χ0n) is 12.9. The molecule has 0 saturated carbocycles. The van der Waals surface area contributed by atoms with Gasteiger partial charge in [-0.3, -0.25) is 0 Å². The molecule has 4 nitrogen and oxygen atoms in total. The first-order valence-corrected chi connectivity index (χ1v) is 10.4. The molecule has 3 aromatic rings. The summed E-state index contributed by atoms with van der Waals surface area (Å²) in [6, 6.07) is 11.6.